The van der Waals surface area contributed by atoms with Gasteiger partial charge in [0, 0.05) is 45.5 Å². The number of aliphatic hydroxyl groups is 1. The van der Waals surface area contributed by atoms with Crippen molar-refractivity contribution in [2.45, 2.75) is 58.6 Å². The normalized spacial score (nSPS) is 16.6. The van der Waals surface area contributed by atoms with Crippen LogP contribution in [-0.4, -0.2) is 93.6 Å². The van der Waals surface area contributed by atoms with E-state index in [0.29, 0.717) is 51.2 Å². The van der Waals surface area contributed by atoms with E-state index in [2.05, 4.69) is 22.2 Å². The highest BCUT2D eigenvalue weighted by atomic mass is 19.2. The third-order valence-corrected chi connectivity index (χ3v) is 6.62. The summed E-state index contributed by atoms with van der Waals surface area (Å²) in [6.45, 7) is 11.1. The van der Waals surface area contributed by atoms with Crippen molar-refractivity contribution in [2.75, 3.05) is 33.4 Å². The van der Waals surface area contributed by atoms with Crippen LogP contribution in [0, 0.1) is 23.5 Å². The standard InChI is InChI=1S/C25H37F2N5O3.C3H4O2.CO2/c1-16(2)15-31(19-12-18(17(3)33)13-28-14-19)25(34)24-22(9-5-6-11-35-4)32(30-29-24)21-10-7-8-20(26)23(21)27;1-2-3(4)5;2-1-3/h7-8,10,16-19,28,33H,5-6,9,11-15H2,1-4H3;2H,1H2,(H,4,5);/t17?,18-,19+;;/m1../s1. The number of carbonyl (C=O) groups excluding carboxylic acids is 3. The number of unbranched alkanes of at least 4 members (excludes halogenated alkanes) is 1. The SMILES string of the molecule is C=CC(=O)O.COCCCCc1c(C(=O)N(CC(C)C)[C@@H]2CNC[C@H](C(C)O)C2)nnn1-c1cccc(F)c1F.O=C=O. The number of rotatable bonds is 12. The zero-order valence-corrected chi connectivity index (χ0v) is 25.0. The van der Waals surface area contributed by atoms with E-state index in [1.54, 1.807) is 18.9 Å². The van der Waals surface area contributed by atoms with Crippen LogP contribution in [0.2, 0.25) is 0 Å². The monoisotopic (exact) mass is 609 g/mol. The number of methoxy groups -OCH3 is 1. The van der Waals surface area contributed by atoms with E-state index in [1.807, 2.05) is 13.8 Å². The molecule has 1 aromatic heterocycles. The Hall–Kier alpha value is -3.84. The Morgan fingerprint density at radius 3 is 2.47 bits per heavy atom. The zero-order chi connectivity index (χ0) is 32.5. The molecule has 1 aliphatic rings. The summed E-state index contributed by atoms with van der Waals surface area (Å²) in [7, 11) is 1.62. The molecule has 0 aliphatic carbocycles. The maximum atomic E-state index is 14.6. The number of hydrogen-bond donors (Lipinski definition) is 3. The van der Waals surface area contributed by atoms with Crippen LogP contribution in [0.1, 0.15) is 56.2 Å². The second-order valence-corrected chi connectivity index (χ2v) is 10.3. The number of carbonyl (C=O) groups is 2. The van der Waals surface area contributed by atoms with Crippen LogP contribution in [0.4, 0.5) is 8.78 Å². The van der Waals surface area contributed by atoms with E-state index in [-0.39, 0.29) is 41.3 Å². The molecule has 12 nitrogen and oxygen atoms in total. The fraction of sp³-hybridized carbons (Fsp3) is 0.552. The van der Waals surface area contributed by atoms with Crippen molar-refractivity contribution in [3.05, 3.63) is 53.9 Å². The first-order chi connectivity index (χ1) is 20.4. The molecule has 0 bridgehead atoms. The summed E-state index contributed by atoms with van der Waals surface area (Å²) in [5.74, 6) is -3.07. The molecular weight excluding hydrogens is 568 g/mol. The number of aliphatic hydroxyl groups excluding tert-OH is 1. The number of carboxylic acid groups (broad SMARTS) is 1. The Kier molecular flexibility index (Phi) is 16.7. The number of aromatic nitrogens is 3. The largest absolute Gasteiger partial charge is 0.478 e. The van der Waals surface area contributed by atoms with Crippen molar-refractivity contribution in [3.8, 4) is 5.69 Å². The van der Waals surface area contributed by atoms with Crippen molar-refractivity contribution in [1.82, 2.24) is 25.2 Å². The average molecular weight is 610 g/mol. The summed E-state index contributed by atoms with van der Waals surface area (Å²) in [5, 5.41) is 29.3. The molecule has 2 heterocycles. The number of aliphatic carboxylic acids is 1. The first-order valence-electron chi connectivity index (χ1n) is 13.9. The quantitative estimate of drug-likeness (QED) is 0.241. The van der Waals surface area contributed by atoms with Gasteiger partial charge in [0.05, 0.1) is 11.8 Å². The molecule has 1 aliphatic heterocycles. The molecule has 1 amide bonds. The summed E-state index contributed by atoms with van der Waals surface area (Å²) in [6, 6.07) is 3.74. The topological polar surface area (TPSA) is 164 Å². The fourth-order valence-electron chi connectivity index (χ4n) is 4.56. The lowest BCUT2D eigenvalue weighted by Crippen LogP contribution is -2.54. The van der Waals surface area contributed by atoms with Gasteiger partial charge in [0.1, 0.15) is 5.69 Å². The van der Waals surface area contributed by atoms with Gasteiger partial charge in [0.2, 0.25) is 0 Å². The van der Waals surface area contributed by atoms with Crippen LogP contribution in [0.3, 0.4) is 0 Å². The maximum absolute atomic E-state index is 14.6. The van der Waals surface area contributed by atoms with E-state index < -0.39 is 23.7 Å². The lowest BCUT2D eigenvalue weighted by Gasteiger charge is -2.39. The summed E-state index contributed by atoms with van der Waals surface area (Å²) in [4.78, 5) is 41.2. The predicted molar refractivity (Wildman–Crippen MR) is 151 cm³/mol. The third-order valence-electron chi connectivity index (χ3n) is 6.62. The van der Waals surface area contributed by atoms with E-state index in [4.69, 9.17) is 19.4 Å². The second kappa shape index (κ2) is 19.4. The maximum Gasteiger partial charge on any atom is 0.373 e. The van der Waals surface area contributed by atoms with Crippen LogP contribution in [0.5, 0.6) is 0 Å². The Bertz CT molecular complexity index is 1220. The van der Waals surface area contributed by atoms with Gasteiger partial charge in [-0.15, -0.1) is 5.10 Å². The lowest BCUT2D eigenvalue weighted by atomic mass is 9.90. The Morgan fingerprint density at radius 2 is 1.91 bits per heavy atom. The third kappa shape index (κ3) is 11.8. The smallest absolute Gasteiger partial charge is 0.373 e. The van der Waals surface area contributed by atoms with Crippen molar-refractivity contribution in [1.29, 1.82) is 0 Å². The van der Waals surface area contributed by atoms with Crippen LogP contribution >= 0.6 is 0 Å². The number of nitrogens with one attached hydrogen (secondary N) is 1. The Labute approximate surface area is 249 Å². The second-order valence-electron chi connectivity index (χ2n) is 10.3. The lowest BCUT2D eigenvalue weighted by molar-refractivity contribution is -0.191. The molecule has 2 aromatic rings. The average Bonchev–Trinajstić information content (AvgIpc) is 3.39. The fourth-order valence-corrected chi connectivity index (χ4v) is 4.56. The Morgan fingerprint density at radius 1 is 1.26 bits per heavy atom. The molecule has 43 heavy (non-hydrogen) atoms. The highest BCUT2D eigenvalue weighted by Gasteiger charge is 2.35. The molecule has 0 saturated carbocycles. The first-order valence-corrected chi connectivity index (χ1v) is 13.9. The van der Waals surface area contributed by atoms with Gasteiger partial charge >= 0.3 is 12.1 Å². The minimum Gasteiger partial charge on any atom is -0.478 e. The van der Waals surface area contributed by atoms with Gasteiger partial charge < -0.3 is 25.2 Å². The summed E-state index contributed by atoms with van der Waals surface area (Å²) in [6.07, 6.45) is 3.06. The molecule has 1 saturated heterocycles. The highest BCUT2D eigenvalue weighted by molar-refractivity contribution is 5.93. The molecule has 0 radical (unpaired) electrons. The van der Waals surface area contributed by atoms with E-state index in [1.165, 1.54) is 16.8 Å². The van der Waals surface area contributed by atoms with Crippen molar-refractivity contribution < 1.29 is 42.9 Å². The molecule has 3 N–H and O–H groups in total. The minimum atomic E-state index is -1.04. The van der Waals surface area contributed by atoms with Crippen LogP contribution in [0.15, 0.2) is 30.9 Å². The molecule has 1 fully saturated rings. The van der Waals surface area contributed by atoms with Crippen molar-refractivity contribution >= 4 is 18.0 Å². The minimum absolute atomic E-state index is 0.0294. The number of hydrogen-bond acceptors (Lipinski definition) is 9. The molecule has 1 aromatic carbocycles. The molecule has 3 rings (SSSR count). The number of carboxylic acids is 1. The molecule has 0 spiro atoms. The van der Waals surface area contributed by atoms with Gasteiger partial charge in [-0.25, -0.2) is 18.3 Å². The van der Waals surface area contributed by atoms with Gasteiger partial charge in [-0.1, -0.05) is 31.7 Å². The summed E-state index contributed by atoms with van der Waals surface area (Å²) >= 11 is 0. The Balaban J connectivity index is 0.00000103. The van der Waals surface area contributed by atoms with Gasteiger partial charge in [0.15, 0.2) is 17.3 Å². The zero-order valence-electron chi connectivity index (χ0n) is 25.0. The molecule has 14 heteroatoms. The van der Waals surface area contributed by atoms with Crippen molar-refractivity contribution in [3.63, 3.8) is 0 Å². The van der Waals surface area contributed by atoms with Gasteiger partial charge in [-0.05, 0) is 56.6 Å². The number of halogens is 2. The predicted octanol–water partition coefficient (Wildman–Crippen LogP) is 2.65. The van der Waals surface area contributed by atoms with Gasteiger partial charge in [-0.2, -0.15) is 9.59 Å². The summed E-state index contributed by atoms with van der Waals surface area (Å²) < 4.78 is 35.0. The van der Waals surface area contributed by atoms with E-state index in [9.17, 15) is 23.5 Å². The van der Waals surface area contributed by atoms with Gasteiger partial charge in [-0.3, -0.25) is 4.79 Å². The number of piperidine rings is 1. The van der Waals surface area contributed by atoms with Crippen LogP contribution in [0.25, 0.3) is 5.69 Å². The van der Waals surface area contributed by atoms with Crippen LogP contribution < -0.4 is 5.32 Å². The number of ether oxygens (including phenoxy) is 1. The number of nitrogens with zero attached hydrogens (tertiary/aromatic N) is 4. The number of benzene rings is 1. The molecule has 1 unspecified atom stereocenters. The number of amides is 1. The molecule has 238 valence electrons. The van der Waals surface area contributed by atoms with Crippen LogP contribution in [-0.2, 0) is 25.5 Å². The molecule has 3 atom stereocenters. The summed E-state index contributed by atoms with van der Waals surface area (Å²) in [5.41, 5.74) is 0.508. The van der Waals surface area contributed by atoms with E-state index >= 15 is 0 Å². The highest BCUT2D eigenvalue weighted by Crippen LogP contribution is 2.25. The van der Waals surface area contributed by atoms with E-state index in [0.717, 1.165) is 18.6 Å². The molecular formula is C29H41F2N5O7. The first kappa shape index (κ1) is 37.2. The van der Waals surface area contributed by atoms with Gasteiger partial charge in [0.25, 0.3) is 5.91 Å². The van der Waals surface area contributed by atoms with Crippen molar-refractivity contribution in [2.24, 2.45) is 11.8 Å².